The van der Waals surface area contributed by atoms with E-state index in [9.17, 15) is 4.79 Å². The van der Waals surface area contributed by atoms with Gasteiger partial charge >= 0.3 is 0 Å². The Morgan fingerprint density at radius 3 is 2.60 bits per heavy atom. The fourth-order valence-corrected chi connectivity index (χ4v) is 5.55. The van der Waals surface area contributed by atoms with Gasteiger partial charge in [0.1, 0.15) is 17.3 Å². The largest absolute Gasteiger partial charge is 0.497 e. The lowest BCUT2D eigenvalue weighted by Crippen LogP contribution is -2.54. The van der Waals surface area contributed by atoms with Crippen molar-refractivity contribution in [2.75, 3.05) is 14.2 Å². The molecule has 1 aromatic carbocycles. The van der Waals surface area contributed by atoms with Crippen molar-refractivity contribution in [3.8, 4) is 11.5 Å². The van der Waals surface area contributed by atoms with Gasteiger partial charge in [0.2, 0.25) is 0 Å². The molecular weight excluding hydrogens is 312 g/mol. The van der Waals surface area contributed by atoms with Crippen LogP contribution in [-0.4, -0.2) is 20.0 Å². The van der Waals surface area contributed by atoms with E-state index in [1.807, 2.05) is 12.1 Å². The van der Waals surface area contributed by atoms with Crippen molar-refractivity contribution in [2.24, 2.45) is 22.7 Å². The summed E-state index contributed by atoms with van der Waals surface area (Å²) in [5.41, 5.74) is 1.15. The molecule has 138 valence electrons. The van der Waals surface area contributed by atoms with E-state index in [0.29, 0.717) is 17.6 Å². The molecule has 0 aromatic heterocycles. The van der Waals surface area contributed by atoms with Gasteiger partial charge in [0.15, 0.2) is 0 Å². The Bertz CT molecular complexity index is 653. The van der Waals surface area contributed by atoms with Crippen LogP contribution in [0.25, 0.3) is 0 Å². The second-order valence-electron chi connectivity index (χ2n) is 8.59. The van der Waals surface area contributed by atoms with E-state index in [0.717, 1.165) is 50.0 Å². The van der Waals surface area contributed by atoms with Crippen LogP contribution in [0, 0.1) is 22.7 Å². The van der Waals surface area contributed by atoms with Crippen molar-refractivity contribution in [3.05, 3.63) is 23.8 Å². The predicted octanol–water partition coefficient (Wildman–Crippen LogP) is 5.06. The Morgan fingerprint density at radius 2 is 1.92 bits per heavy atom. The van der Waals surface area contributed by atoms with E-state index in [1.165, 1.54) is 5.56 Å². The van der Waals surface area contributed by atoms with Crippen LogP contribution in [-0.2, 0) is 11.2 Å². The van der Waals surface area contributed by atoms with Gasteiger partial charge in [0.25, 0.3) is 0 Å². The zero-order chi connectivity index (χ0) is 18.2. The number of carbonyl (C=O) groups is 1. The highest BCUT2D eigenvalue weighted by Crippen LogP contribution is 2.60. The Labute approximate surface area is 152 Å². The zero-order valence-electron chi connectivity index (χ0n) is 16.4. The number of Topliss-reactive ketones (excluding diaryl/α,β-unsaturated/α-hetero) is 1. The normalized spacial score (nSPS) is 35.2. The SMILES string of the molecule is COc1ccc(OC)c(C[C@]2(C)[C@H](C)CC[C@]3(C)C(=O)CCC[C@@H]23)c1. The average Bonchev–Trinajstić information content (AvgIpc) is 2.60. The van der Waals surface area contributed by atoms with Crippen molar-refractivity contribution in [1.29, 1.82) is 0 Å². The molecule has 2 saturated carbocycles. The van der Waals surface area contributed by atoms with Crippen LogP contribution in [0.3, 0.4) is 0 Å². The number of hydrogen-bond donors (Lipinski definition) is 0. The molecule has 2 aliphatic rings. The molecule has 0 bridgehead atoms. The minimum atomic E-state index is -0.147. The third-order valence-electron chi connectivity index (χ3n) is 7.38. The molecule has 0 aliphatic heterocycles. The topological polar surface area (TPSA) is 35.5 Å². The molecule has 2 aliphatic carbocycles. The van der Waals surface area contributed by atoms with Gasteiger partial charge in [-0.25, -0.2) is 0 Å². The zero-order valence-corrected chi connectivity index (χ0v) is 16.4. The molecule has 1 aromatic rings. The van der Waals surface area contributed by atoms with Crippen LogP contribution in [0.5, 0.6) is 11.5 Å². The van der Waals surface area contributed by atoms with Crippen molar-refractivity contribution in [3.63, 3.8) is 0 Å². The van der Waals surface area contributed by atoms with Crippen LogP contribution >= 0.6 is 0 Å². The quantitative estimate of drug-likeness (QED) is 0.766. The maximum absolute atomic E-state index is 12.8. The first-order valence-corrected chi connectivity index (χ1v) is 9.59. The van der Waals surface area contributed by atoms with Crippen LogP contribution < -0.4 is 9.47 Å². The maximum Gasteiger partial charge on any atom is 0.139 e. The summed E-state index contributed by atoms with van der Waals surface area (Å²) in [6.07, 6.45) is 6.07. The van der Waals surface area contributed by atoms with Crippen molar-refractivity contribution >= 4 is 5.78 Å². The van der Waals surface area contributed by atoms with E-state index in [2.05, 4.69) is 26.8 Å². The molecule has 0 amide bonds. The third kappa shape index (κ3) is 2.96. The van der Waals surface area contributed by atoms with Crippen molar-refractivity contribution in [2.45, 2.75) is 59.3 Å². The molecule has 25 heavy (non-hydrogen) atoms. The fourth-order valence-electron chi connectivity index (χ4n) is 5.55. The summed E-state index contributed by atoms with van der Waals surface area (Å²) < 4.78 is 11.1. The Hall–Kier alpha value is -1.51. The first-order valence-electron chi connectivity index (χ1n) is 9.59. The van der Waals surface area contributed by atoms with Crippen LogP contribution in [0.15, 0.2) is 18.2 Å². The third-order valence-corrected chi connectivity index (χ3v) is 7.38. The van der Waals surface area contributed by atoms with Crippen LogP contribution in [0.2, 0.25) is 0 Å². The van der Waals surface area contributed by atoms with Gasteiger partial charge in [-0.3, -0.25) is 4.79 Å². The molecule has 0 radical (unpaired) electrons. The molecule has 0 saturated heterocycles. The van der Waals surface area contributed by atoms with Crippen molar-refractivity contribution < 1.29 is 14.3 Å². The standard InChI is InChI=1S/C22H32O3/c1-15-11-12-21(2)19(7-6-8-20(21)23)22(15,3)14-16-13-17(24-4)9-10-18(16)25-5/h9-10,13,15,19H,6-8,11-12,14H2,1-5H3/t15-,19-,21+,22-/m1/s1. The highest BCUT2D eigenvalue weighted by Gasteiger charge is 2.56. The summed E-state index contributed by atoms with van der Waals surface area (Å²) in [6, 6.07) is 6.05. The second kappa shape index (κ2) is 6.66. The minimum Gasteiger partial charge on any atom is -0.497 e. The van der Waals surface area contributed by atoms with Crippen LogP contribution in [0.1, 0.15) is 58.4 Å². The highest BCUT2D eigenvalue weighted by atomic mass is 16.5. The van der Waals surface area contributed by atoms with Gasteiger partial charge in [-0.05, 0) is 73.1 Å². The average molecular weight is 344 g/mol. The summed E-state index contributed by atoms with van der Waals surface area (Å²) >= 11 is 0. The van der Waals surface area contributed by atoms with Gasteiger partial charge in [0.05, 0.1) is 14.2 Å². The van der Waals surface area contributed by atoms with Gasteiger partial charge < -0.3 is 9.47 Å². The van der Waals surface area contributed by atoms with Crippen LogP contribution in [0.4, 0.5) is 0 Å². The number of carbonyl (C=O) groups excluding carboxylic acids is 1. The summed E-state index contributed by atoms with van der Waals surface area (Å²) in [6.45, 7) is 6.99. The lowest BCUT2D eigenvalue weighted by atomic mass is 9.46. The number of methoxy groups -OCH3 is 2. The van der Waals surface area contributed by atoms with E-state index >= 15 is 0 Å². The number of hydrogen-bond acceptors (Lipinski definition) is 3. The fraction of sp³-hybridized carbons (Fsp3) is 0.682. The summed E-state index contributed by atoms with van der Waals surface area (Å²) in [5, 5.41) is 0. The number of ether oxygens (including phenoxy) is 2. The molecule has 0 N–H and O–H groups in total. The number of rotatable bonds is 4. The van der Waals surface area contributed by atoms with E-state index in [1.54, 1.807) is 14.2 Å². The minimum absolute atomic E-state index is 0.0999. The maximum atomic E-state index is 12.8. The van der Waals surface area contributed by atoms with E-state index in [4.69, 9.17) is 9.47 Å². The monoisotopic (exact) mass is 344 g/mol. The molecule has 2 fully saturated rings. The molecule has 0 unspecified atom stereocenters. The summed E-state index contributed by atoms with van der Waals surface area (Å²) in [7, 11) is 3.43. The molecule has 3 rings (SSSR count). The van der Waals surface area contributed by atoms with Crippen molar-refractivity contribution in [1.82, 2.24) is 0 Å². The van der Waals surface area contributed by atoms with Gasteiger partial charge in [-0.2, -0.15) is 0 Å². The number of benzene rings is 1. The van der Waals surface area contributed by atoms with Gasteiger partial charge in [-0.15, -0.1) is 0 Å². The molecular formula is C22H32O3. The summed E-state index contributed by atoms with van der Waals surface area (Å²) in [5.74, 6) is 3.31. The van der Waals surface area contributed by atoms with E-state index in [-0.39, 0.29) is 10.8 Å². The molecule has 3 nitrogen and oxygen atoms in total. The molecule has 4 atom stereocenters. The summed E-state index contributed by atoms with van der Waals surface area (Å²) in [4.78, 5) is 12.8. The Balaban J connectivity index is 2.00. The van der Waals surface area contributed by atoms with E-state index < -0.39 is 0 Å². The molecule has 0 heterocycles. The molecule has 3 heteroatoms. The highest BCUT2D eigenvalue weighted by molar-refractivity contribution is 5.85. The lowest BCUT2D eigenvalue weighted by molar-refractivity contribution is -0.148. The predicted molar refractivity (Wildman–Crippen MR) is 100 cm³/mol. The number of ketones is 1. The molecule has 0 spiro atoms. The van der Waals surface area contributed by atoms with Gasteiger partial charge in [0, 0.05) is 11.8 Å². The smallest absolute Gasteiger partial charge is 0.139 e. The number of fused-ring (bicyclic) bond motifs is 1. The van der Waals surface area contributed by atoms with Gasteiger partial charge in [-0.1, -0.05) is 20.8 Å². The first kappa shape index (κ1) is 18.3. The Kier molecular flexibility index (Phi) is 4.87. The lowest BCUT2D eigenvalue weighted by Gasteiger charge is -2.57. The Morgan fingerprint density at radius 1 is 1.16 bits per heavy atom. The second-order valence-corrected chi connectivity index (χ2v) is 8.59. The first-order chi connectivity index (χ1) is 11.8.